The van der Waals surface area contributed by atoms with E-state index < -0.39 is 0 Å². The molecule has 1 aromatic heterocycles. The fourth-order valence-corrected chi connectivity index (χ4v) is 1.79. The van der Waals surface area contributed by atoms with Crippen LogP contribution < -0.4 is 11.1 Å². The van der Waals surface area contributed by atoms with Crippen LogP contribution in [-0.2, 0) is 13.6 Å². The van der Waals surface area contributed by atoms with Crippen LogP contribution in [0.5, 0.6) is 0 Å². The van der Waals surface area contributed by atoms with Gasteiger partial charge in [0, 0.05) is 36.6 Å². The zero-order valence-corrected chi connectivity index (χ0v) is 10.5. The van der Waals surface area contributed by atoms with Gasteiger partial charge in [-0.3, -0.25) is 9.48 Å². The minimum atomic E-state index is -0.130. The molecule has 1 heterocycles. The van der Waals surface area contributed by atoms with Crippen molar-refractivity contribution in [2.75, 3.05) is 5.73 Å². The second-order valence-corrected chi connectivity index (χ2v) is 4.34. The Labute approximate surface area is 106 Å². The maximum absolute atomic E-state index is 11.9. The van der Waals surface area contributed by atoms with E-state index in [0.29, 0.717) is 17.8 Å². The summed E-state index contributed by atoms with van der Waals surface area (Å²) in [5.41, 5.74) is 8.83. The first kappa shape index (κ1) is 12.2. The van der Waals surface area contributed by atoms with Gasteiger partial charge in [-0.2, -0.15) is 5.10 Å². The van der Waals surface area contributed by atoms with Crippen molar-refractivity contribution in [2.45, 2.75) is 13.5 Å². The Bertz CT molecular complexity index is 554. The number of nitrogens with one attached hydrogen (secondary N) is 1. The average Bonchev–Trinajstić information content (AvgIpc) is 2.70. The lowest BCUT2D eigenvalue weighted by Gasteiger charge is -2.05. The third kappa shape index (κ3) is 2.88. The summed E-state index contributed by atoms with van der Waals surface area (Å²) in [6.07, 6.45) is 3.59. The number of nitrogen functional groups attached to an aromatic ring is 1. The molecule has 0 bridgehead atoms. The van der Waals surface area contributed by atoms with Crippen molar-refractivity contribution in [1.82, 2.24) is 15.1 Å². The topological polar surface area (TPSA) is 72.9 Å². The SMILES string of the molecule is Cc1cc(N)cc(C(=O)NCc2cnn(C)c2)c1. The fourth-order valence-electron chi connectivity index (χ4n) is 1.79. The summed E-state index contributed by atoms with van der Waals surface area (Å²) >= 11 is 0. The lowest BCUT2D eigenvalue weighted by Crippen LogP contribution is -2.22. The molecule has 0 saturated carbocycles. The van der Waals surface area contributed by atoms with Crippen molar-refractivity contribution in [3.05, 3.63) is 47.3 Å². The number of carbonyl (C=O) groups excluding carboxylic acids is 1. The number of benzene rings is 1. The minimum absolute atomic E-state index is 0.130. The highest BCUT2D eigenvalue weighted by atomic mass is 16.1. The van der Waals surface area contributed by atoms with Gasteiger partial charge in [0.2, 0.25) is 0 Å². The van der Waals surface area contributed by atoms with Crippen molar-refractivity contribution < 1.29 is 4.79 Å². The predicted octanol–water partition coefficient (Wildman–Crippen LogP) is 1.24. The van der Waals surface area contributed by atoms with Crippen LogP contribution in [0.15, 0.2) is 30.6 Å². The van der Waals surface area contributed by atoms with Crippen LogP contribution in [0.25, 0.3) is 0 Å². The van der Waals surface area contributed by atoms with E-state index in [1.54, 1.807) is 16.9 Å². The molecule has 0 aliphatic carbocycles. The molecule has 3 N–H and O–H groups in total. The Morgan fingerprint density at radius 2 is 2.22 bits per heavy atom. The molecule has 2 rings (SSSR count). The highest BCUT2D eigenvalue weighted by molar-refractivity contribution is 5.95. The van der Waals surface area contributed by atoms with Crippen LogP contribution in [0.2, 0.25) is 0 Å². The van der Waals surface area contributed by atoms with E-state index in [0.717, 1.165) is 11.1 Å². The predicted molar refractivity (Wildman–Crippen MR) is 70.0 cm³/mol. The van der Waals surface area contributed by atoms with E-state index in [1.165, 1.54) is 0 Å². The number of carbonyl (C=O) groups is 1. The second-order valence-electron chi connectivity index (χ2n) is 4.34. The normalized spacial score (nSPS) is 10.3. The first-order valence-corrected chi connectivity index (χ1v) is 5.67. The molecular weight excluding hydrogens is 228 g/mol. The second kappa shape index (κ2) is 4.91. The van der Waals surface area contributed by atoms with Crippen molar-refractivity contribution >= 4 is 11.6 Å². The lowest BCUT2D eigenvalue weighted by molar-refractivity contribution is 0.0951. The van der Waals surface area contributed by atoms with E-state index in [2.05, 4.69) is 10.4 Å². The maximum atomic E-state index is 11.9. The molecule has 1 amide bonds. The molecule has 0 aliphatic heterocycles. The maximum Gasteiger partial charge on any atom is 0.251 e. The highest BCUT2D eigenvalue weighted by Gasteiger charge is 2.07. The first-order chi connectivity index (χ1) is 8.54. The molecule has 5 heteroatoms. The molecule has 1 aromatic carbocycles. The van der Waals surface area contributed by atoms with Crippen molar-refractivity contribution in [3.8, 4) is 0 Å². The Hall–Kier alpha value is -2.30. The van der Waals surface area contributed by atoms with E-state index >= 15 is 0 Å². The number of nitrogens with two attached hydrogens (primary N) is 1. The Balaban J connectivity index is 2.03. The summed E-state index contributed by atoms with van der Waals surface area (Å²) < 4.78 is 1.70. The Morgan fingerprint density at radius 1 is 1.44 bits per heavy atom. The number of aryl methyl sites for hydroxylation is 2. The molecule has 5 nitrogen and oxygen atoms in total. The van der Waals surface area contributed by atoms with Crippen LogP contribution in [0, 0.1) is 6.92 Å². The number of hydrogen-bond donors (Lipinski definition) is 2. The third-order valence-corrected chi connectivity index (χ3v) is 2.57. The van der Waals surface area contributed by atoms with Gasteiger partial charge in [-0.25, -0.2) is 0 Å². The molecule has 2 aromatic rings. The van der Waals surface area contributed by atoms with Crippen molar-refractivity contribution in [1.29, 1.82) is 0 Å². The highest BCUT2D eigenvalue weighted by Crippen LogP contribution is 2.11. The molecule has 18 heavy (non-hydrogen) atoms. The summed E-state index contributed by atoms with van der Waals surface area (Å²) in [6.45, 7) is 2.37. The van der Waals surface area contributed by atoms with Gasteiger partial charge in [0.05, 0.1) is 6.20 Å². The van der Waals surface area contributed by atoms with Crippen LogP contribution in [0.4, 0.5) is 5.69 Å². The number of nitrogens with zero attached hydrogens (tertiary/aromatic N) is 2. The van der Waals surface area contributed by atoms with Crippen molar-refractivity contribution in [2.24, 2.45) is 7.05 Å². The average molecular weight is 244 g/mol. The van der Waals surface area contributed by atoms with E-state index in [4.69, 9.17) is 5.73 Å². The largest absolute Gasteiger partial charge is 0.399 e. The van der Waals surface area contributed by atoms with Crippen molar-refractivity contribution in [3.63, 3.8) is 0 Å². The zero-order valence-electron chi connectivity index (χ0n) is 10.5. The van der Waals surface area contributed by atoms with Crippen LogP contribution in [0.3, 0.4) is 0 Å². The summed E-state index contributed by atoms with van der Waals surface area (Å²) in [5, 5.41) is 6.88. The van der Waals surface area contributed by atoms with Crippen LogP contribution in [-0.4, -0.2) is 15.7 Å². The van der Waals surface area contributed by atoms with Gasteiger partial charge in [-0.1, -0.05) is 0 Å². The summed E-state index contributed by atoms with van der Waals surface area (Å²) in [6, 6.07) is 5.32. The summed E-state index contributed by atoms with van der Waals surface area (Å²) in [5.74, 6) is -0.130. The monoisotopic (exact) mass is 244 g/mol. The lowest BCUT2D eigenvalue weighted by atomic mass is 10.1. The number of hydrogen-bond acceptors (Lipinski definition) is 3. The molecule has 0 spiro atoms. The third-order valence-electron chi connectivity index (χ3n) is 2.57. The number of anilines is 1. The standard InChI is InChI=1S/C13H16N4O/c1-9-3-11(5-12(14)4-9)13(18)15-6-10-7-16-17(2)8-10/h3-5,7-8H,6,14H2,1-2H3,(H,15,18). The molecule has 94 valence electrons. The molecule has 0 saturated heterocycles. The Morgan fingerprint density at radius 3 is 2.83 bits per heavy atom. The zero-order chi connectivity index (χ0) is 13.1. The molecule has 0 atom stereocenters. The molecule has 0 fully saturated rings. The number of rotatable bonds is 3. The van der Waals surface area contributed by atoms with Gasteiger partial charge in [0.15, 0.2) is 0 Å². The first-order valence-electron chi connectivity index (χ1n) is 5.67. The van der Waals surface area contributed by atoms with E-state index in [9.17, 15) is 4.79 Å². The van der Waals surface area contributed by atoms with Gasteiger partial charge in [0.1, 0.15) is 0 Å². The number of amides is 1. The van der Waals surface area contributed by atoms with E-state index in [1.807, 2.05) is 32.3 Å². The van der Waals surface area contributed by atoms with Crippen LogP contribution >= 0.6 is 0 Å². The van der Waals surface area contributed by atoms with Crippen LogP contribution in [0.1, 0.15) is 21.5 Å². The minimum Gasteiger partial charge on any atom is -0.399 e. The summed E-state index contributed by atoms with van der Waals surface area (Å²) in [4.78, 5) is 11.9. The molecule has 0 aliphatic rings. The number of aromatic nitrogens is 2. The molecular formula is C13H16N4O. The molecule has 0 radical (unpaired) electrons. The van der Waals surface area contributed by atoms with Gasteiger partial charge < -0.3 is 11.1 Å². The smallest absolute Gasteiger partial charge is 0.251 e. The quantitative estimate of drug-likeness (QED) is 0.798. The van der Waals surface area contributed by atoms with Gasteiger partial charge >= 0.3 is 0 Å². The summed E-state index contributed by atoms with van der Waals surface area (Å²) in [7, 11) is 1.84. The Kier molecular flexibility index (Phi) is 3.32. The van der Waals surface area contributed by atoms with Gasteiger partial charge in [-0.05, 0) is 30.7 Å². The molecule has 0 unspecified atom stereocenters. The van der Waals surface area contributed by atoms with E-state index in [-0.39, 0.29) is 5.91 Å². The van der Waals surface area contributed by atoms with Gasteiger partial charge in [0.25, 0.3) is 5.91 Å². The van der Waals surface area contributed by atoms with Gasteiger partial charge in [-0.15, -0.1) is 0 Å². The fraction of sp³-hybridized carbons (Fsp3) is 0.231.